The van der Waals surface area contributed by atoms with Crippen molar-refractivity contribution < 1.29 is 0 Å². The minimum Gasteiger partial charge on any atom is -0.364 e. The second kappa shape index (κ2) is 9.34. The predicted molar refractivity (Wildman–Crippen MR) is 127 cm³/mol. The Morgan fingerprint density at radius 3 is 2.60 bits per heavy atom. The lowest BCUT2D eigenvalue weighted by Gasteiger charge is -2.29. The van der Waals surface area contributed by atoms with Crippen molar-refractivity contribution in [1.82, 2.24) is 10.2 Å². The third kappa shape index (κ3) is 4.51. The zero-order chi connectivity index (χ0) is 20.4. The molecule has 0 radical (unpaired) electrons. The van der Waals surface area contributed by atoms with Crippen LogP contribution in [0.15, 0.2) is 48.6 Å². The average Bonchev–Trinajstić information content (AvgIpc) is 2.74. The number of nitrogens with one attached hydrogen (secondary N) is 1. The summed E-state index contributed by atoms with van der Waals surface area (Å²) in [6, 6.07) is 11.7. The molecular weight excluding hydrogens is 417 g/mol. The van der Waals surface area contributed by atoms with Crippen LogP contribution < -0.4 is 10.2 Å². The summed E-state index contributed by atoms with van der Waals surface area (Å²) in [4.78, 5) is 5.84. The number of nitrogens with zero attached hydrogens (tertiary/aromatic N) is 4. The zero-order valence-electron chi connectivity index (χ0n) is 16.8. The van der Waals surface area contributed by atoms with Crippen LogP contribution in [0.3, 0.4) is 0 Å². The molecule has 2 aromatic carbocycles. The van der Waals surface area contributed by atoms with Gasteiger partial charge in [0.15, 0.2) is 17.3 Å². The van der Waals surface area contributed by atoms with E-state index >= 15 is 0 Å². The third-order valence-corrected chi connectivity index (χ3v) is 5.75. The SMILES string of the molecule is Cl.[C-]#[N+]c1ccc2c(N3CCC(=C)CC3)nnc(NCc3ccc(C)c(Cl)c3)c2c1. The number of piperidine rings is 1. The first-order valence-electron chi connectivity index (χ1n) is 9.63. The number of halogens is 2. The smallest absolute Gasteiger partial charge is 0.188 e. The van der Waals surface area contributed by atoms with Gasteiger partial charge in [0.1, 0.15) is 0 Å². The molecule has 30 heavy (non-hydrogen) atoms. The molecule has 0 aliphatic carbocycles. The van der Waals surface area contributed by atoms with Crippen molar-refractivity contribution in [2.24, 2.45) is 0 Å². The molecule has 7 heteroatoms. The molecule has 5 nitrogen and oxygen atoms in total. The Morgan fingerprint density at radius 2 is 1.90 bits per heavy atom. The molecule has 4 rings (SSSR count). The summed E-state index contributed by atoms with van der Waals surface area (Å²) in [5.74, 6) is 1.54. The molecule has 1 aromatic heterocycles. The van der Waals surface area contributed by atoms with Crippen LogP contribution in [-0.2, 0) is 6.54 Å². The minimum absolute atomic E-state index is 0. The van der Waals surface area contributed by atoms with Gasteiger partial charge in [-0.1, -0.05) is 48.0 Å². The van der Waals surface area contributed by atoms with Gasteiger partial charge in [-0.25, -0.2) is 4.85 Å². The standard InChI is InChI=1S/C23H22ClN5.ClH/c1-15-8-10-29(11-9-15)23-19-7-6-18(25-3)13-20(19)22(27-28-23)26-14-17-5-4-16(2)21(24)12-17;/h4-7,12-13H,1,8-11,14H2,2H3,(H,26,27);1H. The summed E-state index contributed by atoms with van der Waals surface area (Å²) in [6.07, 6.45) is 1.94. The van der Waals surface area contributed by atoms with Crippen molar-refractivity contribution >= 4 is 52.1 Å². The second-order valence-electron chi connectivity index (χ2n) is 7.39. The van der Waals surface area contributed by atoms with Crippen LogP contribution >= 0.6 is 24.0 Å². The van der Waals surface area contributed by atoms with E-state index in [1.54, 1.807) is 0 Å². The molecule has 1 aliphatic heterocycles. The molecule has 154 valence electrons. The number of hydrogen-bond acceptors (Lipinski definition) is 4. The Hall–Kier alpha value is -2.81. The first kappa shape index (κ1) is 21.9. The molecule has 3 aromatic rings. The van der Waals surface area contributed by atoms with Gasteiger partial charge < -0.3 is 10.2 Å². The molecule has 1 saturated heterocycles. The summed E-state index contributed by atoms with van der Waals surface area (Å²) in [7, 11) is 0. The van der Waals surface area contributed by atoms with E-state index in [1.807, 2.05) is 43.3 Å². The van der Waals surface area contributed by atoms with Crippen molar-refractivity contribution in [3.8, 4) is 0 Å². The molecule has 0 unspecified atom stereocenters. The fraction of sp³-hybridized carbons (Fsp3) is 0.261. The van der Waals surface area contributed by atoms with Crippen LogP contribution in [0.5, 0.6) is 0 Å². The number of rotatable bonds is 4. The normalized spacial score (nSPS) is 13.6. The minimum atomic E-state index is 0. The lowest BCUT2D eigenvalue weighted by Crippen LogP contribution is -2.31. The van der Waals surface area contributed by atoms with E-state index in [4.69, 9.17) is 18.2 Å². The topological polar surface area (TPSA) is 45.4 Å². The summed E-state index contributed by atoms with van der Waals surface area (Å²) in [5.41, 5.74) is 3.99. The number of fused-ring (bicyclic) bond motifs is 1. The van der Waals surface area contributed by atoms with Crippen LogP contribution in [0.1, 0.15) is 24.0 Å². The van der Waals surface area contributed by atoms with Crippen molar-refractivity contribution in [2.45, 2.75) is 26.3 Å². The number of aryl methyl sites for hydroxylation is 1. The van der Waals surface area contributed by atoms with Crippen LogP contribution in [0.25, 0.3) is 15.6 Å². The van der Waals surface area contributed by atoms with Crippen LogP contribution in [-0.4, -0.2) is 23.3 Å². The van der Waals surface area contributed by atoms with Crippen molar-refractivity contribution in [2.75, 3.05) is 23.3 Å². The highest BCUT2D eigenvalue weighted by Crippen LogP contribution is 2.33. The Labute approximate surface area is 188 Å². The predicted octanol–water partition coefficient (Wildman–Crippen LogP) is 6.33. The van der Waals surface area contributed by atoms with E-state index in [0.29, 0.717) is 18.1 Å². The fourth-order valence-electron chi connectivity index (χ4n) is 3.53. The van der Waals surface area contributed by atoms with Crippen LogP contribution in [0, 0.1) is 13.5 Å². The Morgan fingerprint density at radius 1 is 1.13 bits per heavy atom. The van der Waals surface area contributed by atoms with Gasteiger partial charge in [0.2, 0.25) is 0 Å². The van der Waals surface area contributed by atoms with Crippen molar-refractivity contribution in [3.05, 3.63) is 76.1 Å². The van der Waals surface area contributed by atoms with Gasteiger partial charge in [-0.15, -0.1) is 22.6 Å². The molecular formula is C23H23Cl2N5. The van der Waals surface area contributed by atoms with E-state index in [1.165, 1.54) is 5.57 Å². The summed E-state index contributed by atoms with van der Waals surface area (Å²) in [6.45, 7) is 15.8. The average molecular weight is 440 g/mol. The highest BCUT2D eigenvalue weighted by molar-refractivity contribution is 6.31. The maximum atomic E-state index is 7.37. The molecule has 1 N–H and O–H groups in total. The van der Waals surface area contributed by atoms with Crippen LogP contribution in [0.2, 0.25) is 5.02 Å². The van der Waals surface area contributed by atoms with E-state index in [-0.39, 0.29) is 12.4 Å². The molecule has 0 bridgehead atoms. The molecule has 1 fully saturated rings. The van der Waals surface area contributed by atoms with Gasteiger partial charge in [0.05, 0.1) is 6.57 Å². The molecule has 2 heterocycles. The van der Waals surface area contributed by atoms with Gasteiger partial charge in [0, 0.05) is 35.4 Å². The molecule has 0 amide bonds. The largest absolute Gasteiger partial charge is 0.364 e. The number of benzene rings is 2. The number of aromatic nitrogens is 2. The van der Waals surface area contributed by atoms with Crippen LogP contribution in [0.4, 0.5) is 17.3 Å². The zero-order valence-corrected chi connectivity index (χ0v) is 18.4. The maximum absolute atomic E-state index is 7.37. The number of hydrogen-bond donors (Lipinski definition) is 1. The van der Waals surface area contributed by atoms with Gasteiger partial charge >= 0.3 is 0 Å². The summed E-state index contributed by atoms with van der Waals surface area (Å²) in [5, 5.41) is 15.0. The molecule has 0 saturated carbocycles. The summed E-state index contributed by atoms with van der Waals surface area (Å²) < 4.78 is 0. The van der Waals surface area contributed by atoms with E-state index in [2.05, 4.69) is 31.8 Å². The molecule has 0 atom stereocenters. The van der Waals surface area contributed by atoms with E-state index < -0.39 is 0 Å². The Kier molecular flexibility index (Phi) is 6.81. The lowest BCUT2D eigenvalue weighted by molar-refractivity contribution is 0.677. The second-order valence-corrected chi connectivity index (χ2v) is 7.80. The number of anilines is 2. The highest BCUT2D eigenvalue weighted by Gasteiger charge is 2.19. The summed E-state index contributed by atoms with van der Waals surface area (Å²) >= 11 is 6.25. The van der Waals surface area contributed by atoms with Gasteiger partial charge in [-0.2, -0.15) is 0 Å². The van der Waals surface area contributed by atoms with E-state index in [9.17, 15) is 0 Å². The van der Waals surface area contributed by atoms with Gasteiger partial charge in [-0.3, -0.25) is 0 Å². The van der Waals surface area contributed by atoms with E-state index in [0.717, 1.165) is 58.7 Å². The van der Waals surface area contributed by atoms with Gasteiger partial charge in [-0.05, 0) is 43.0 Å². The molecule has 0 spiro atoms. The third-order valence-electron chi connectivity index (χ3n) is 5.34. The Balaban J connectivity index is 0.00000256. The van der Waals surface area contributed by atoms with Gasteiger partial charge in [0.25, 0.3) is 0 Å². The molecule has 1 aliphatic rings. The monoisotopic (exact) mass is 439 g/mol. The highest BCUT2D eigenvalue weighted by atomic mass is 35.5. The quantitative estimate of drug-likeness (QED) is 0.380. The fourth-order valence-corrected chi connectivity index (χ4v) is 3.73. The Bertz CT molecular complexity index is 1130. The van der Waals surface area contributed by atoms with Crippen molar-refractivity contribution in [1.29, 1.82) is 0 Å². The maximum Gasteiger partial charge on any atom is 0.188 e. The van der Waals surface area contributed by atoms with Crippen molar-refractivity contribution in [3.63, 3.8) is 0 Å². The lowest BCUT2D eigenvalue weighted by atomic mass is 10.0. The first-order chi connectivity index (χ1) is 14.0. The first-order valence-corrected chi connectivity index (χ1v) is 10.0.